The van der Waals surface area contributed by atoms with E-state index in [1.807, 2.05) is 18.0 Å². The zero-order chi connectivity index (χ0) is 22.7. The third-order valence-corrected chi connectivity index (χ3v) is 7.49. The average molecular weight is 478 g/mol. The molecule has 8 nitrogen and oxygen atoms in total. The molecule has 2 aromatic rings. The molecule has 2 saturated heterocycles. The molecule has 0 atom stereocenters. The largest absolute Gasteiger partial charge is 0.367 e. The van der Waals surface area contributed by atoms with E-state index in [0.29, 0.717) is 29.4 Å². The number of anilines is 2. The lowest BCUT2D eigenvalue weighted by Gasteiger charge is -2.33. The van der Waals surface area contributed by atoms with Crippen molar-refractivity contribution in [1.82, 2.24) is 15.1 Å². The first-order valence-electron chi connectivity index (χ1n) is 10.7. The van der Waals surface area contributed by atoms with Crippen LogP contribution >= 0.6 is 11.6 Å². The third kappa shape index (κ3) is 5.17. The van der Waals surface area contributed by atoms with E-state index in [1.165, 1.54) is 12.1 Å². The Bertz CT molecular complexity index is 1060. The zero-order valence-corrected chi connectivity index (χ0v) is 19.6. The molecular weight excluding hydrogens is 450 g/mol. The van der Waals surface area contributed by atoms with Crippen molar-refractivity contribution in [2.75, 3.05) is 69.0 Å². The van der Waals surface area contributed by atoms with E-state index < -0.39 is 10.0 Å². The topological polar surface area (TPSA) is 85.0 Å². The van der Waals surface area contributed by atoms with E-state index in [0.717, 1.165) is 45.0 Å². The van der Waals surface area contributed by atoms with Crippen LogP contribution in [0.15, 0.2) is 47.4 Å². The van der Waals surface area contributed by atoms with E-state index in [2.05, 4.69) is 19.8 Å². The van der Waals surface area contributed by atoms with Gasteiger partial charge in [-0.15, -0.1) is 0 Å². The van der Waals surface area contributed by atoms with Crippen LogP contribution in [0.5, 0.6) is 0 Å². The molecule has 4 rings (SSSR count). The van der Waals surface area contributed by atoms with E-state index in [-0.39, 0.29) is 10.8 Å². The van der Waals surface area contributed by atoms with Crippen molar-refractivity contribution >= 4 is 38.9 Å². The minimum absolute atomic E-state index is 0.0862. The fraction of sp³-hybridized carbons (Fsp3) is 0.409. The fourth-order valence-corrected chi connectivity index (χ4v) is 5.13. The number of carbonyl (C=O) groups is 1. The maximum absolute atomic E-state index is 13.1. The van der Waals surface area contributed by atoms with Gasteiger partial charge in [0, 0.05) is 62.9 Å². The molecule has 2 fully saturated rings. The van der Waals surface area contributed by atoms with Gasteiger partial charge in [-0.2, -0.15) is 0 Å². The zero-order valence-electron chi connectivity index (χ0n) is 18.1. The van der Waals surface area contributed by atoms with Gasteiger partial charge >= 0.3 is 0 Å². The molecule has 2 N–H and O–H groups in total. The number of sulfonamides is 1. The number of carbonyl (C=O) groups excluding carboxylic acids is 1. The van der Waals surface area contributed by atoms with Crippen molar-refractivity contribution in [3.05, 3.63) is 53.1 Å². The third-order valence-electron chi connectivity index (χ3n) is 5.86. The SMILES string of the molecule is CN1CCN(C(=O)c2ccc(N3CCNCC3)c(NS(=O)(=O)c3ccc(Cl)cc3)c2)CC1. The number of likely N-dealkylation sites (N-methyl/N-ethyl adjacent to an activating group) is 1. The van der Waals surface area contributed by atoms with Gasteiger partial charge < -0.3 is 20.0 Å². The van der Waals surface area contributed by atoms with Gasteiger partial charge in [-0.25, -0.2) is 8.42 Å². The van der Waals surface area contributed by atoms with Gasteiger partial charge in [-0.3, -0.25) is 9.52 Å². The highest BCUT2D eigenvalue weighted by atomic mass is 35.5. The maximum atomic E-state index is 13.1. The minimum Gasteiger partial charge on any atom is -0.367 e. The highest BCUT2D eigenvalue weighted by Crippen LogP contribution is 2.31. The van der Waals surface area contributed by atoms with Crippen molar-refractivity contribution in [2.45, 2.75) is 4.90 Å². The Labute approximate surface area is 194 Å². The molecule has 2 heterocycles. The summed E-state index contributed by atoms with van der Waals surface area (Å²) in [6.45, 7) is 6.07. The smallest absolute Gasteiger partial charge is 0.261 e. The highest BCUT2D eigenvalue weighted by Gasteiger charge is 2.24. The summed E-state index contributed by atoms with van der Waals surface area (Å²) in [6, 6.07) is 11.3. The quantitative estimate of drug-likeness (QED) is 0.684. The maximum Gasteiger partial charge on any atom is 0.261 e. The second-order valence-corrected chi connectivity index (χ2v) is 10.2. The Morgan fingerprint density at radius 3 is 2.28 bits per heavy atom. The molecule has 172 valence electrons. The summed E-state index contributed by atoms with van der Waals surface area (Å²) in [5.41, 5.74) is 1.64. The Hall–Kier alpha value is -2.33. The Balaban J connectivity index is 1.66. The molecule has 0 unspecified atom stereocenters. The highest BCUT2D eigenvalue weighted by molar-refractivity contribution is 7.92. The van der Waals surface area contributed by atoms with E-state index in [4.69, 9.17) is 11.6 Å². The summed E-state index contributed by atoms with van der Waals surface area (Å²) in [4.78, 5) is 19.4. The van der Waals surface area contributed by atoms with Crippen LogP contribution in [0.3, 0.4) is 0 Å². The van der Waals surface area contributed by atoms with Crippen LogP contribution in [0.25, 0.3) is 0 Å². The summed E-state index contributed by atoms with van der Waals surface area (Å²) in [5, 5.41) is 3.77. The molecule has 0 bridgehead atoms. The van der Waals surface area contributed by atoms with Crippen LogP contribution in [-0.2, 0) is 10.0 Å². The number of nitrogens with one attached hydrogen (secondary N) is 2. The van der Waals surface area contributed by atoms with Crippen LogP contribution < -0.4 is 14.9 Å². The number of benzene rings is 2. The van der Waals surface area contributed by atoms with Gasteiger partial charge in [-0.05, 0) is 49.5 Å². The van der Waals surface area contributed by atoms with Crippen LogP contribution in [0.2, 0.25) is 5.02 Å². The normalized spacial score (nSPS) is 17.9. The Morgan fingerprint density at radius 2 is 1.62 bits per heavy atom. The monoisotopic (exact) mass is 477 g/mol. The lowest BCUT2D eigenvalue weighted by atomic mass is 10.1. The van der Waals surface area contributed by atoms with Crippen LogP contribution in [0.1, 0.15) is 10.4 Å². The first kappa shape index (κ1) is 22.8. The van der Waals surface area contributed by atoms with Crippen LogP contribution in [-0.4, -0.2) is 83.5 Å². The molecular formula is C22H28ClN5O3S. The predicted octanol–water partition coefficient (Wildman–Crippen LogP) is 1.94. The molecule has 2 aromatic carbocycles. The number of amides is 1. The molecule has 10 heteroatoms. The van der Waals surface area contributed by atoms with E-state index in [1.54, 1.807) is 24.3 Å². The molecule has 0 aromatic heterocycles. The molecule has 2 aliphatic heterocycles. The number of piperazine rings is 2. The molecule has 0 saturated carbocycles. The number of rotatable bonds is 5. The predicted molar refractivity (Wildman–Crippen MR) is 127 cm³/mol. The van der Waals surface area contributed by atoms with Crippen LogP contribution in [0.4, 0.5) is 11.4 Å². The first-order chi connectivity index (χ1) is 15.3. The average Bonchev–Trinajstić information content (AvgIpc) is 2.80. The molecule has 0 spiro atoms. The van der Waals surface area contributed by atoms with Gasteiger partial charge in [-0.1, -0.05) is 11.6 Å². The first-order valence-corrected chi connectivity index (χ1v) is 12.6. The Kier molecular flexibility index (Phi) is 6.90. The molecule has 1 amide bonds. The fourth-order valence-electron chi connectivity index (χ4n) is 3.94. The summed E-state index contributed by atoms with van der Waals surface area (Å²) in [7, 11) is -1.81. The van der Waals surface area contributed by atoms with Crippen LogP contribution in [0, 0.1) is 0 Å². The van der Waals surface area contributed by atoms with Crippen molar-refractivity contribution in [1.29, 1.82) is 0 Å². The number of hydrogen-bond acceptors (Lipinski definition) is 6. The van der Waals surface area contributed by atoms with Gasteiger partial charge in [0.25, 0.3) is 15.9 Å². The van der Waals surface area contributed by atoms with Crippen molar-refractivity contribution in [2.24, 2.45) is 0 Å². The van der Waals surface area contributed by atoms with Gasteiger partial charge in [0.2, 0.25) is 0 Å². The summed E-state index contributed by atoms with van der Waals surface area (Å²) < 4.78 is 28.9. The molecule has 2 aliphatic rings. The number of halogens is 1. The van der Waals surface area contributed by atoms with Gasteiger partial charge in [0.05, 0.1) is 16.3 Å². The minimum atomic E-state index is -3.85. The summed E-state index contributed by atoms with van der Waals surface area (Å²) >= 11 is 5.91. The second-order valence-electron chi connectivity index (χ2n) is 8.12. The molecule has 32 heavy (non-hydrogen) atoms. The van der Waals surface area contributed by atoms with E-state index in [9.17, 15) is 13.2 Å². The standard InChI is InChI=1S/C22H28ClN5O3S/c1-26-12-14-28(15-13-26)22(29)17-2-7-21(27-10-8-24-9-11-27)20(16-17)25-32(30,31)19-5-3-18(23)4-6-19/h2-7,16,24-25H,8-15H2,1H3. The lowest BCUT2D eigenvalue weighted by molar-refractivity contribution is 0.0664. The molecule has 0 radical (unpaired) electrons. The Morgan fingerprint density at radius 1 is 0.969 bits per heavy atom. The van der Waals surface area contributed by atoms with Crippen molar-refractivity contribution in [3.63, 3.8) is 0 Å². The summed E-state index contributed by atoms with van der Waals surface area (Å²) in [6.07, 6.45) is 0. The van der Waals surface area contributed by atoms with Gasteiger partial charge in [0.15, 0.2) is 0 Å². The molecule has 0 aliphatic carbocycles. The number of nitrogens with zero attached hydrogens (tertiary/aromatic N) is 3. The number of hydrogen-bond donors (Lipinski definition) is 2. The lowest BCUT2D eigenvalue weighted by Crippen LogP contribution is -2.47. The van der Waals surface area contributed by atoms with Gasteiger partial charge in [0.1, 0.15) is 0 Å². The van der Waals surface area contributed by atoms with Crippen molar-refractivity contribution in [3.8, 4) is 0 Å². The summed E-state index contributed by atoms with van der Waals surface area (Å²) in [5.74, 6) is -0.0862. The second kappa shape index (κ2) is 9.66. The van der Waals surface area contributed by atoms with E-state index >= 15 is 0 Å². The van der Waals surface area contributed by atoms with Crippen molar-refractivity contribution < 1.29 is 13.2 Å².